The SMILES string of the molecule is O=C(O)C=CCOc1c(Br)cc([N+](=O)[O-])cc1Br. The van der Waals surface area contributed by atoms with Crippen LogP contribution in [0.15, 0.2) is 33.2 Å². The summed E-state index contributed by atoms with van der Waals surface area (Å²) in [7, 11) is 0. The molecular formula is C10H7Br2NO5. The van der Waals surface area contributed by atoms with Crippen LogP contribution in [-0.2, 0) is 4.79 Å². The highest BCUT2D eigenvalue weighted by Crippen LogP contribution is 2.37. The second kappa shape index (κ2) is 6.50. The summed E-state index contributed by atoms with van der Waals surface area (Å²) < 4.78 is 6.11. The first kappa shape index (κ1) is 14.7. The Bertz CT molecular complexity index is 492. The summed E-state index contributed by atoms with van der Waals surface area (Å²) in [6, 6.07) is 2.61. The van der Waals surface area contributed by atoms with Crippen LogP contribution in [0.3, 0.4) is 0 Å². The van der Waals surface area contributed by atoms with Crippen LogP contribution in [0.4, 0.5) is 5.69 Å². The molecule has 0 fully saturated rings. The van der Waals surface area contributed by atoms with Gasteiger partial charge in [0.25, 0.3) is 5.69 Å². The number of hydrogen-bond donors (Lipinski definition) is 1. The van der Waals surface area contributed by atoms with Crippen LogP contribution in [0.5, 0.6) is 5.75 Å². The number of nitro benzene ring substituents is 1. The van der Waals surface area contributed by atoms with E-state index in [0.29, 0.717) is 14.7 Å². The number of nitro groups is 1. The van der Waals surface area contributed by atoms with Gasteiger partial charge >= 0.3 is 5.97 Å². The number of non-ortho nitro benzene ring substituents is 1. The van der Waals surface area contributed by atoms with Crippen LogP contribution in [0.2, 0.25) is 0 Å². The summed E-state index contributed by atoms with van der Waals surface area (Å²) in [6.45, 7) is 0.0430. The van der Waals surface area contributed by atoms with Crippen molar-refractivity contribution in [1.29, 1.82) is 0 Å². The second-order valence-corrected chi connectivity index (χ2v) is 4.76. The van der Waals surface area contributed by atoms with Crippen molar-refractivity contribution in [3.8, 4) is 5.75 Å². The molecule has 0 radical (unpaired) electrons. The molecule has 0 unspecified atom stereocenters. The molecule has 8 heteroatoms. The summed E-state index contributed by atoms with van der Waals surface area (Å²) in [5, 5.41) is 19.0. The molecule has 0 heterocycles. The van der Waals surface area contributed by atoms with Crippen molar-refractivity contribution in [1.82, 2.24) is 0 Å². The number of halogens is 2. The number of hydrogen-bond acceptors (Lipinski definition) is 4. The van der Waals surface area contributed by atoms with E-state index in [2.05, 4.69) is 31.9 Å². The van der Waals surface area contributed by atoms with Crippen molar-refractivity contribution >= 4 is 43.5 Å². The van der Waals surface area contributed by atoms with Crippen molar-refractivity contribution in [2.24, 2.45) is 0 Å². The minimum absolute atomic E-state index is 0.0430. The van der Waals surface area contributed by atoms with Crippen molar-refractivity contribution in [3.05, 3.63) is 43.3 Å². The summed E-state index contributed by atoms with van der Waals surface area (Å²) in [4.78, 5) is 20.3. The second-order valence-electron chi connectivity index (χ2n) is 3.05. The molecule has 0 bridgehead atoms. The molecule has 1 rings (SSSR count). The van der Waals surface area contributed by atoms with Gasteiger partial charge in [-0.25, -0.2) is 4.79 Å². The molecule has 0 amide bonds. The first-order valence-electron chi connectivity index (χ1n) is 4.57. The number of carboxylic acids is 1. The molecule has 0 spiro atoms. The van der Waals surface area contributed by atoms with E-state index in [-0.39, 0.29) is 12.3 Å². The fourth-order valence-corrected chi connectivity index (χ4v) is 2.46. The predicted octanol–water partition coefficient (Wildman–Crippen LogP) is 3.14. The van der Waals surface area contributed by atoms with Gasteiger partial charge in [-0.3, -0.25) is 10.1 Å². The normalized spacial score (nSPS) is 10.6. The van der Waals surface area contributed by atoms with E-state index in [1.165, 1.54) is 18.2 Å². The minimum Gasteiger partial charge on any atom is -0.487 e. The first-order chi connectivity index (χ1) is 8.41. The molecule has 0 aliphatic carbocycles. The highest BCUT2D eigenvalue weighted by atomic mass is 79.9. The number of ether oxygens (including phenoxy) is 1. The van der Waals surface area contributed by atoms with E-state index in [9.17, 15) is 14.9 Å². The number of benzene rings is 1. The van der Waals surface area contributed by atoms with Crippen LogP contribution in [0.25, 0.3) is 0 Å². The Labute approximate surface area is 119 Å². The Hall–Kier alpha value is -1.41. The first-order valence-corrected chi connectivity index (χ1v) is 6.16. The van der Waals surface area contributed by atoms with Gasteiger partial charge in [-0.1, -0.05) is 0 Å². The molecular weight excluding hydrogens is 374 g/mol. The zero-order chi connectivity index (χ0) is 13.7. The predicted molar refractivity (Wildman–Crippen MR) is 70.8 cm³/mol. The van der Waals surface area contributed by atoms with Gasteiger partial charge in [0, 0.05) is 18.2 Å². The van der Waals surface area contributed by atoms with Crippen LogP contribution in [-0.4, -0.2) is 22.6 Å². The molecule has 1 N–H and O–H groups in total. The molecule has 1 aromatic rings. The molecule has 6 nitrogen and oxygen atoms in total. The lowest BCUT2D eigenvalue weighted by Gasteiger charge is -2.08. The van der Waals surface area contributed by atoms with Crippen LogP contribution >= 0.6 is 31.9 Å². The molecule has 96 valence electrons. The van der Waals surface area contributed by atoms with E-state index >= 15 is 0 Å². The van der Waals surface area contributed by atoms with Crippen molar-refractivity contribution in [3.63, 3.8) is 0 Å². The maximum Gasteiger partial charge on any atom is 0.328 e. The molecule has 0 aliphatic heterocycles. The van der Waals surface area contributed by atoms with Gasteiger partial charge in [0.2, 0.25) is 0 Å². The highest BCUT2D eigenvalue weighted by Gasteiger charge is 2.14. The molecule has 0 aromatic heterocycles. The lowest BCUT2D eigenvalue weighted by atomic mass is 10.3. The zero-order valence-corrected chi connectivity index (χ0v) is 12.0. The lowest BCUT2D eigenvalue weighted by Crippen LogP contribution is -1.98. The van der Waals surface area contributed by atoms with Crippen molar-refractivity contribution < 1.29 is 19.6 Å². The Morgan fingerprint density at radius 1 is 1.44 bits per heavy atom. The lowest BCUT2D eigenvalue weighted by molar-refractivity contribution is -0.385. The summed E-state index contributed by atoms with van der Waals surface area (Å²) in [5.74, 6) is -0.698. The van der Waals surface area contributed by atoms with E-state index < -0.39 is 10.9 Å². The molecule has 0 atom stereocenters. The van der Waals surface area contributed by atoms with Crippen LogP contribution < -0.4 is 4.74 Å². The van der Waals surface area contributed by atoms with Gasteiger partial charge in [-0.15, -0.1) is 0 Å². The van der Waals surface area contributed by atoms with Gasteiger partial charge in [0.15, 0.2) is 0 Å². The minimum atomic E-state index is -1.07. The van der Waals surface area contributed by atoms with Gasteiger partial charge < -0.3 is 9.84 Å². The quantitative estimate of drug-likeness (QED) is 0.481. The number of carbonyl (C=O) groups is 1. The average Bonchev–Trinajstić information content (AvgIpc) is 2.26. The Morgan fingerprint density at radius 2 is 2.00 bits per heavy atom. The Kier molecular flexibility index (Phi) is 5.29. The number of aliphatic carboxylic acids is 1. The molecule has 0 saturated carbocycles. The van der Waals surface area contributed by atoms with E-state index in [1.54, 1.807) is 0 Å². The van der Waals surface area contributed by atoms with Gasteiger partial charge in [-0.05, 0) is 37.9 Å². The van der Waals surface area contributed by atoms with E-state index in [1.807, 2.05) is 0 Å². The molecule has 1 aromatic carbocycles. The van der Waals surface area contributed by atoms with Gasteiger partial charge in [0.05, 0.1) is 13.9 Å². The molecule has 18 heavy (non-hydrogen) atoms. The third-order valence-electron chi connectivity index (χ3n) is 1.78. The largest absolute Gasteiger partial charge is 0.487 e. The van der Waals surface area contributed by atoms with Gasteiger partial charge in [0.1, 0.15) is 12.4 Å². The Morgan fingerprint density at radius 3 is 2.44 bits per heavy atom. The van der Waals surface area contributed by atoms with E-state index in [0.717, 1.165) is 6.08 Å². The smallest absolute Gasteiger partial charge is 0.328 e. The molecule has 0 saturated heterocycles. The van der Waals surface area contributed by atoms with Gasteiger partial charge in [-0.2, -0.15) is 0 Å². The monoisotopic (exact) mass is 379 g/mol. The third kappa shape index (κ3) is 4.11. The zero-order valence-electron chi connectivity index (χ0n) is 8.80. The van der Waals surface area contributed by atoms with E-state index in [4.69, 9.17) is 9.84 Å². The topological polar surface area (TPSA) is 89.7 Å². The molecule has 0 aliphatic rings. The van der Waals surface area contributed by atoms with Crippen LogP contribution in [0, 0.1) is 10.1 Å². The third-order valence-corrected chi connectivity index (χ3v) is 2.96. The van der Waals surface area contributed by atoms with Crippen LogP contribution in [0.1, 0.15) is 0 Å². The van der Waals surface area contributed by atoms with Crippen molar-refractivity contribution in [2.45, 2.75) is 0 Å². The fourth-order valence-electron chi connectivity index (χ4n) is 1.07. The Balaban J connectivity index is 2.84. The summed E-state index contributed by atoms with van der Waals surface area (Å²) >= 11 is 6.29. The highest BCUT2D eigenvalue weighted by molar-refractivity contribution is 9.11. The maximum absolute atomic E-state index is 10.6. The summed E-state index contributed by atoms with van der Waals surface area (Å²) in [5.41, 5.74) is -0.0813. The fraction of sp³-hybridized carbons (Fsp3) is 0.100. The number of rotatable bonds is 5. The average molecular weight is 381 g/mol. The number of carboxylic acid groups (broad SMARTS) is 1. The summed E-state index contributed by atoms with van der Waals surface area (Å²) in [6.07, 6.45) is 2.27. The standard InChI is InChI=1S/C10H7Br2NO5/c11-7-4-6(13(16)17)5-8(12)10(7)18-3-1-2-9(14)15/h1-2,4-5H,3H2,(H,14,15). The number of nitrogens with zero attached hydrogens (tertiary/aromatic N) is 1. The van der Waals surface area contributed by atoms with Crippen molar-refractivity contribution in [2.75, 3.05) is 6.61 Å². The maximum atomic E-state index is 10.6.